The number of carbonyl (C=O) groups is 2. The van der Waals surface area contributed by atoms with Gasteiger partial charge in [-0.05, 0) is 36.8 Å². The van der Waals surface area contributed by atoms with E-state index in [1.165, 1.54) is 18.2 Å². The Kier molecular flexibility index (Phi) is 7.63. The predicted molar refractivity (Wildman–Crippen MR) is 79.6 cm³/mol. The highest BCUT2D eigenvalue weighted by Gasteiger charge is 2.12. The average Bonchev–Trinajstić information content (AvgIpc) is 2.50. The molecule has 0 saturated heterocycles. The number of hydrogen-bond acceptors (Lipinski definition) is 3. The molecule has 0 amide bonds. The molecule has 0 aliphatic rings. The maximum atomic E-state index is 11.2. The third kappa shape index (κ3) is 6.00. The van der Waals surface area contributed by atoms with Gasteiger partial charge in [0, 0.05) is 6.42 Å². The molecular weight excluding hydrogens is 252 g/mol. The molecule has 0 fully saturated rings. The Balaban J connectivity index is 2.10. The van der Waals surface area contributed by atoms with Crippen LogP contribution in [0.15, 0.2) is 24.3 Å². The summed E-state index contributed by atoms with van der Waals surface area (Å²) in [5.41, 5.74) is 2.74. The van der Waals surface area contributed by atoms with Gasteiger partial charge in [-0.15, -0.1) is 0 Å². The second-order valence-electron chi connectivity index (χ2n) is 5.00. The summed E-state index contributed by atoms with van der Waals surface area (Å²) in [4.78, 5) is 22.1. The van der Waals surface area contributed by atoms with Crippen molar-refractivity contribution >= 4 is 11.8 Å². The number of unbranched alkanes of at least 4 members (excludes halogenated alkanes) is 3. The minimum absolute atomic E-state index is 0.303. The van der Waals surface area contributed by atoms with Gasteiger partial charge in [0.1, 0.15) is 0 Å². The van der Waals surface area contributed by atoms with Crippen LogP contribution in [0.25, 0.3) is 0 Å². The minimum atomic E-state index is -0.721. The second kappa shape index (κ2) is 9.29. The summed E-state index contributed by atoms with van der Waals surface area (Å²) in [7, 11) is 1.24. The monoisotopic (exact) mass is 276 g/mol. The van der Waals surface area contributed by atoms with E-state index in [4.69, 9.17) is 0 Å². The summed E-state index contributed by atoms with van der Waals surface area (Å²) < 4.78 is 4.38. The summed E-state index contributed by atoms with van der Waals surface area (Å²) >= 11 is 0. The first-order chi connectivity index (χ1) is 9.67. The number of rotatable bonds is 9. The summed E-state index contributed by atoms with van der Waals surface area (Å²) in [5, 5.41) is 0. The van der Waals surface area contributed by atoms with Crippen LogP contribution in [0.4, 0.5) is 0 Å². The highest BCUT2D eigenvalue weighted by Crippen LogP contribution is 2.11. The molecule has 0 unspecified atom stereocenters. The number of carbonyl (C=O) groups excluding carboxylic acids is 2. The van der Waals surface area contributed by atoms with E-state index in [1.807, 2.05) is 0 Å². The fourth-order valence-electron chi connectivity index (χ4n) is 2.13. The Morgan fingerprint density at radius 1 is 0.950 bits per heavy atom. The number of ketones is 1. The lowest BCUT2D eigenvalue weighted by molar-refractivity contribution is -0.151. The van der Waals surface area contributed by atoms with E-state index in [1.54, 1.807) is 0 Å². The van der Waals surface area contributed by atoms with Crippen molar-refractivity contribution in [3.63, 3.8) is 0 Å². The number of ether oxygens (including phenoxy) is 1. The Labute approximate surface area is 121 Å². The summed E-state index contributed by atoms with van der Waals surface area (Å²) in [6.45, 7) is 2.16. The molecule has 3 nitrogen and oxygen atoms in total. The highest BCUT2D eigenvalue weighted by atomic mass is 16.5. The van der Waals surface area contributed by atoms with Crippen LogP contribution >= 0.6 is 0 Å². The number of benzene rings is 1. The molecule has 0 aliphatic heterocycles. The highest BCUT2D eigenvalue weighted by molar-refractivity contribution is 6.33. The van der Waals surface area contributed by atoms with E-state index < -0.39 is 11.8 Å². The van der Waals surface area contributed by atoms with Crippen molar-refractivity contribution in [3.05, 3.63) is 35.4 Å². The molecule has 110 valence electrons. The molecule has 0 bridgehead atoms. The van der Waals surface area contributed by atoms with Crippen molar-refractivity contribution in [2.75, 3.05) is 7.11 Å². The normalized spacial score (nSPS) is 10.3. The van der Waals surface area contributed by atoms with Crippen LogP contribution in [0.2, 0.25) is 0 Å². The molecule has 1 rings (SSSR count). The van der Waals surface area contributed by atoms with Gasteiger partial charge in [-0.1, -0.05) is 44.0 Å². The van der Waals surface area contributed by atoms with E-state index >= 15 is 0 Å². The van der Waals surface area contributed by atoms with Gasteiger partial charge in [0.2, 0.25) is 5.78 Å². The van der Waals surface area contributed by atoms with Crippen molar-refractivity contribution < 1.29 is 14.3 Å². The van der Waals surface area contributed by atoms with Crippen molar-refractivity contribution in [2.24, 2.45) is 0 Å². The largest absolute Gasteiger partial charge is 0.463 e. The molecule has 0 spiro atoms. The van der Waals surface area contributed by atoms with Crippen LogP contribution in [-0.4, -0.2) is 18.9 Å². The second-order valence-corrected chi connectivity index (χ2v) is 5.00. The van der Waals surface area contributed by atoms with Crippen molar-refractivity contribution in [3.8, 4) is 0 Å². The standard InChI is InChI=1S/C17H24O3/c1-3-14-10-12-15(13-11-14)8-6-4-5-7-9-16(18)17(19)20-2/h10-13H,3-9H2,1-2H3. The number of aryl methyl sites for hydroxylation is 2. The maximum absolute atomic E-state index is 11.2. The average molecular weight is 276 g/mol. The van der Waals surface area contributed by atoms with Gasteiger partial charge < -0.3 is 4.74 Å². The zero-order valence-electron chi connectivity index (χ0n) is 12.5. The molecule has 0 atom stereocenters. The molecule has 0 saturated carbocycles. The number of methoxy groups -OCH3 is 1. The lowest BCUT2D eigenvalue weighted by atomic mass is 10.0. The summed E-state index contributed by atoms with van der Waals surface area (Å²) in [6.07, 6.45) is 6.42. The first kappa shape index (κ1) is 16.4. The smallest absolute Gasteiger partial charge is 0.374 e. The Bertz CT molecular complexity index is 420. The number of esters is 1. The Morgan fingerprint density at radius 3 is 2.15 bits per heavy atom. The third-order valence-corrected chi connectivity index (χ3v) is 3.46. The van der Waals surface area contributed by atoms with Gasteiger partial charge in [0.05, 0.1) is 7.11 Å². The van der Waals surface area contributed by atoms with Gasteiger partial charge in [0.15, 0.2) is 0 Å². The fourth-order valence-corrected chi connectivity index (χ4v) is 2.13. The fraction of sp³-hybridized carbons (Fsp3) is 0.529. The molecule has 20 heavy (non-hydrogen) atoms. The van der Waals surface area contributed by atoms with Gasteiger partial charge in [0.25, 0.3) is 0 Å². The maximum Gasteiger partial charge on any atom is 0.374 e. The van der Waals surface area contributed by atoms with Crippen LogP contribution in [0.1, 0.15) is 50.2 Å². The van der Waals surface area contributed by atoms with Crippen molar-refractivity contribution in [1.82, 2.24) is 0 Å². The summed E-state index contributed by atoms with van der Waals surface area (Å²) in [6, 6.07) is 8.76. The molecule has 0 heterocycles. The quantitative estimate of drug-likeness (QED) is 0.394. The van der Waals surface area contributed by atoms with Crippen LogP contribution in [0, 0.1) is 0 Å². The van der Waals surface area contributed by atoms with Crippen LogP contribution in [0.5, 0.6) is 0 Å². The van der Waals surface area contributed by atoms with Gasteiger partial charge in [-0.2, -0.15) is 0 Å². The molecule has 0 N–H and O–H groups in total. The van der Waals surface area contributed by atoms with E-state index in [0.717, 1.165) is 38.5 Å². The lowest BCUT2D eigenvalue weighted by Gasteiger charge is -2.03. The lowest BCUT2D eigenvalue weighted by Crippen LogP contribution is -2.14. The van der Waals surface area contributed by atoms with E-state index in [0.29, 0.717) is 6.42 Å². The molecular formula is C17H24O3. The molecule has 1 aromatic rings. The first-order valence-corrected chi connectivity index (χ1v) is 7.36. The van der Waals surface area contributed by atoms with Crippen LogP contribution in [0.3, 0.4) is 0 Å². The first-order valence-electron chi connectivity index (χ1n) is 7.36. The van der Waals surface area contributed by atoms with E-state index in [-0.39, 0.29) is 0 Å². The number of Topliss-reactive ketones (excluding diaryl/α,β-unsaturated/α-hetero) is 1. The van der Waals surface area contributed by atoms with Gasteiger partial charge in [-0.3, -0.25) is 4.79 Å². The molecule has 0 aromatic heterocycles. The number of hydrogen-bond donors (Lipinski definition) is 0. The Hall–Kier alpha value is -1.64. The van der Waals surface area contributed by atoms with E-state index in [2.05, 4.69) is 35.9 Å². The molecule has 0 aliphatic carbocycles. The SMILES string of the molecule is CCc1ccc(CCCCCCC(=O)C(=O)OC)cc1. The van der Waals surface area contributed by atoms with E-state index in [9.17, 15) is 9.59 Å². The zero-order chi connectivity index (χ0) is 14.8. The molecule has 0 radical (unpaired) electrons. The molecule has 1 aromatic carbocycles. The minimum Gasteiger partial charge on any atom is -0.463 e. The van der Waals surface area contributed by atoms with Crippen molar-refractivity contribution in [2.45, 2.75) is 51.9 Å². The topological polar surface area (TPSA) is 43.4 Å². The van der Waals surface area contributed by atoms with Gasteiger partial charge in [-0.25, -0.2) is 4.79 Å². The third-order valence-electron chi connectivity index (χ3n) is 3.46. The molecule has 3 heteroatoms. The van der Waals surface area contributed by atoms with Crippen molar-refractivity contribution in [1.29, 1.82) is 0 Å². The van der Waals surface area contributed by atoms with Gasteiger partial charge >= 0.3 is 5.97 Å². The zero-order valence-corrected chi connectivity index (χ0v) is 12.5. The van der Waals surface area contributed by atoms with Crippen LogP contribution < -0.4 is 0 Å². The predicted octanol–water partition coefficient (Wildman–Crippen LogP) is 3.48. The summed E-state index contributed by atoms with van der Waals surface area (Å²) in [5.74, 6) is -1.14. The Morgan fingerprint density at radius 2 is 1.55 bits per heavy atom. The van der Waals surface area contributed by atoms with Crippen LogP contribution in [-0.2, 0) is 27.2 Å².